The van der Waals surface area contributed by atoms with E-state index in [1.54, 1.807) is 7.11 Å². The first-order valence-corrected chi connectivity index (χ1v) is 9.83. The Labute approximate surface area is 167 Å². The van der Waals surface area contributed by atoms with Gasteiger partial charge in [-0.2, -0.15) is 5.10 Å². The molecule has 4 rings (SSSR count). The Morgan fingerprint density at radius 1 is 1.14 bits per heavy atom. The van der Waals surface area contributed by atoms with E-state index in [1.165, 1.54) is 16.9 Å². The maximum atomic E-state index is 12.9. The first-order valence-electron chi connectivity index (χ1n) is 9.02. The summed E-state index contributed by atoms with van der Waals surface area (Å²) in [7, 11) is 1.60. The first kappa shape index (κ1) is 18.3. The van der Waals surface area contributed by atoms with Gasteiger partial charge in [-0.05, 0) is 43.2 Å². The molecule has 1 amide bonds. The van der Waals surface area contributed by atoms with Crippen molar-refractivity contribution in [3.63, 3.8) is 0 Å². The third-order valence-electron chi connectivity index (χ3n) is 4.61. The number of fused-ring (bicyclic) bond motifs is 1. The largest absolute Gasteiger partial charge is 0.495 e. The van der Waals surface area contributed by atoms with Gasteiger partial charge in [-0.25, -0.2) is 0 Å². The van der Waals surface area contributed by atoms with Gasteiger partial charge in [0.15, 0.2) is 0 Å². The number of rotatable bonds is 5. The van der Waals surface area contributed by atoms with Gasteiger partial charge in [0, 0.05) is 5.39 Å². The highest BCUT2D eigenvalue weighted by atomic mass is 32.1. The zero-order valence-corrected chi connectivity index (χ0v) is 16.8. The number of aryl methyl sites for hydroxylation is 2. The van der Waals surface area contributed by atoms with Gasteiger partial charge in [0.25, 0.3) is 5.91 Å². The zero-order valence-electron chi connectivity index (χ0n) is 16.0. The highest BCUT2D eigenvalue weighted by Gasteiger charge is 2.17. The normalized spacial score (nSPS) is 11.0. The number of hydrogen-bond donors (Lipinski definition) is 1. The summed E-state index contributed by atoms with van der Waals surface area (Å²) in [6, 6.07) is 17.8. The Morgan fingerprint density at radius 2 is 1.93 bits per heavy atom. The number of carbonyl (C=O) groups excluding carboxylic acids is 1. The Kier molecular flexibility index (Phi) is 4.88. The lowest BCUT2D eigenvalue weighted by molar-refractivity contribution is 0.103. The number of ether oxygens (including phenoxy) is 1. The molecule has 0 aliphatic heterocycles. The van der Waals surface area contributed by atoms with E-state index in [-0.39, 0.29) is 5.91 Å². The number of methoxy groups -OCH3 is 1. The Hall–Kier alpha value is -3.12. The van der Waals surface area contributed by atoms with E-state index in [2.05, 4.69) is 22.5 Å². The van der Waals surface area contributed by atoms with Crippen LogP contribution in [0.2, 0.25) is 0 Å². The molecule has 2 heterocycles. The van der Waals surface area contributed by atoms with Crippen molar-refractivity contribution in [1.82, 2.24) is 9.78 Å². The van der Waals surface area contributed by atoms with Crippen LogP contribution in [0.3, 0.4) is 0 Å². The lowest BCUT2D eigenvalue weighted by Gasteiger charge is -2.10. The molecule has 0 spiro atoms. The molecule has 0 bridgehead atoms. The quantitative estimate of drug-likeness (QED) is 0.519. The van der Waals surface area contributed by atoms with Gasteiger partial charge in [0.1, 0.15) is 10.6 Å². The van der Waals surface area contributed by atoms with Crippen LogP contribution in [0.25, 0.3) is 10.2 Å². The molecular formula is C22H21N3O2S. The summed E-state index contributed by atoms with van der Waals surface area (Å²) in [4.78, 5) is 14.5. The summed E-state index contributed by atoms with van der Waals surface area (Å²) in [6.45, 7) is 4.64. The zero-order chi connectivity index (χ0) is 19.7. The molecule has 0 radical (unpaired) electrons. The standard InChI is InChI=1S/C22H21N3O2S/c1-14-9-10-19(27-3)18(11-14)23-21(26)20-12-17-15(2)24-25(22(17)28-20)13-16-7-5-4-6-8-16/h4-12H,13H2,1-3H3,(H,23,26). The van der Waals surface area contributed by atoms with E-state index in [9.17, 15) is 4.79 Å². The van der Waals surface area contributed by atoms with Crippen LogP contribution in [0.4, 0.5) is 5.69 Å². The van der Waals surface area contributed by atoms with Crippen molar-refractivity contribution in [1.29, 1.82) is 0 Å². The smallest absolute Gasteiger partial charge is 0.265 e. The Bertz CT molecular complexity index is 1150. The van der Waals surface area contributed by atoms with Gasteiger partial charge in [-0.3, -0.25) is 9.48 Å². The average molecular weight is 391 g/mol. The molecule has 28 heavy (non-hydrogen) atoms. The van der Waals surface area contributed by atoms with Crippen molar-refractivity contribution in [3.05, 3.63) is 76.3 Å². The number of benzene rings is 2. The van der Waals surface area contributed by atoms with Crippen molar-refractivity contribution in [2.45, 2.75) is 20.4 Å². The van der Waals surface area contributed by atoms with Gasteiger partial charge in [0.2, 0.25) is 0 Å². The fraction of sp³-hybridized carbons (Fsp3) is 0.182. The summed E-state index contributed by atoms with van der Waals surface area (Å²) >= 11 is 1.46. The fourth-order valence-electron chi connectivity index (χ4n) is 3.19. The molecule has 1 N–H and O–H groups in total. The molecule has 2 aromatic carbocycles. The summed E-state index contributed by atoms with van der Waals surface area (Å²) in [5.74, 6) is 0.502. The molecule has 5 nitrogen and oxygen atoms in total. The monoisotopic (exact) mass is 391 g/mol. The summed E-state index contributed by atoms with van der Waals surface area (Å²) in [6.07, 6.45) is 0. The Balaban J connectivity index is 1.64. The summed E-state index contributed by atoms with van der Waals surface area (Å²) in [5, 5.41) is 8.63. The number of anilines is 1. The highest BCUT2D eigenvalue weighted by Crippen LogP contribution is 2.31. The predicted molar refractivity (Wildman–Crippen MR) is 114 cm³/mol. The molecule has 0 fully saturated rings. The van der Waals surface area contributed by atoms with Gasteiger partial charge >= 0.3 is 0 Å². The lowest BCUT2D eigenvalue weighted by atomic mass is 10.2. The third kappa shape index (κ3) is 3.51. The Morgan fingerprint density at radius 3 is 2.68 bits per heavy atom. The molecule has 0 saturated heterocycles. The molecule has 4 aromatic rings. The van der Waals surface area contributed by atoms with Crippen LogP contribution in [0.5, 0.6) is 5.75 Å². The minimum atomic E-state index is -0.143. The minimum Gasteiger partial charge on any atom is -0.495 e. The maximum absolute atomic E-state index is 12.9. The summed E-state index contributed by atoms with van der Waals surface area (Å²) < 4.78 is 7.33. The second-order valence-electron chi connectivity index (χ2n) is 6.72. The molecule has 0 unspecified atom stereocenters. The molecular weight excluding hydrogens is 370 g/mol. The molecule has 142 valence electrons. The second-order valence-corrected chi connectivity index (χ2v) is 7.75. The highest BCUT2D eigenvalue weighted by molar-refractivity contribution is 7.20. The first-order chi connectivity index (χ1) is 13.5. The van der Waals surface area contributed by atoms with E-state index < -0.39 is 0 Å². The number of nitrogens with zero attached hydrogens (tertiary/aromatic N) is 2. The molecule has 0 saturated carbocycles. The maximum Gasteiger partial charge on any atom is 0.265 e. The molecule has 0 aliphatic carbocycles. The second kappa shape index (κ2) is 7.48. The van der Waals surface area contributed by atoms with Crippen molar-refractivity contribution in [3.8, 4) is 5.75 Å². The van der Waals surface area contributed by atoms with Crippen molar-refractivity contribution in [2.75, 3.05) is 12.4 Å². The van der Waals surface area contributed by atoms with Gasteiger partial charge in [0.05, 0.1) is 29.9 Å². The number of thiophene rings is 1. The number of aromatic nitrogens is 2. The SMILES string of the molecule is COc1ccc(C)cc1NC(=O)c1cc2c(C)nn(Cc3ccccc3)c2s1. The minimum absolute atomic E-state index is 0.143. The van der Waals surface area contributed by atoms with Crippen LogP contribution < -0.4 is 10.1 Å². The van der Waals surface area contributed by atoms with Gasteiger partial charge in [-0.15, -0.1) is 11.3 Å². The third-order valence-corrected chi connectivity index (χ3v) is 5.76. The van der Waals surface area contributed by atoms with Crippen LogP contribution in [0, 0.1) is 13.8 Å². The molecule has 0 atom stereocenters. The van der Waals surface area contributed by atoms with Crippen LogP contribution in [-0.2, 0) is 6.54 Å². The van der Waals surface area contributed by atoms with Crippen molar-refractivity contribution >= 4 is 33.1 Å². The average Bonchev–Trinajstić information content (AvgIpc) is 3.24. The van der Waals surface area contributed by atoms with Crippen LogP contribution in [0.15, 0.2) is 54.6 Å². The molecule has 6 heteroatoms. The van der Waals surface area contributed by atoms with E-state index in [4.69, 9.17) is 4.74 Å². The van der Waals surface area contributed by atoms with Crippen LogP contribution in [-0.4, -0.2) is 22.8 Å². The van der Waals surface area contributed by atoms with Gasteiger partial charge in [-0.1, -0.05) is 36.4 Å². The van der Waals surface area contributed by atoms with Gasteiger partial charge < -0.3 is 10.1 Å². The van der Waals surface area contributed by atoms with E-state index in [0.717, 1.165) is 21.5 Å². The van der Waals surface area contributed by atoms with Crippen molar-refractivity contribution < 1.29 is 9.53 Å². The molecule has 0 aliphatic rings. The number of nitrogens with one attached hydrogen (secondary N) is 1. The van der Waals surface area contributed by atoms with Crippen LogP contribution >= 0.6 is 11.3 Å². The van der Waals surface area contributed by atoms with E-state index in [1.807, 2.05) is 61.0 Å². The van der Waals surface area contributed by atoms with Crippen molar-refractivity contribution in [2.24, 2.45) is 0 Å². The number of amides is 1. The molecule has 2 aromatic heterocycles. The number of carbonyl (C=O) groups is 1. The predicted octanol–water partition coefficient (Wildman–Crippen LogP) is 5.02. The topological polar surface area (TPSA) is 56.1 Å². The van der Waals surface area contributed by atoms with Crippen LogP contribution in [0.1, 0.15) is 26.5 Å². The van der Waals surface area contributed by atoms with E-state index in [0.29, 0.717) is 22.9 Å². The number of hydrogen-bond acceptors (Lipinski definition) is 4. The van der Waals surface area contributed by atoms with E-state index >= 15 is 0 Å². The lowest BCUT2D eigenvalue weighted by Crippen LogP contribution is -2.11. The summed E-state index contributed by atoms with van der Waals surface area (Å²) in [5.41, 5.74) is 3.83. The fourth-order valence-corrected chi connectivity index (χ4v) is 4.25.